The average molecular weight is 368 g/mol. The number of nitrogens with zero attached hydrogens (tertiary/aromatic N) is 1. The number of nitrogens with one attached hydrogen (secondary N) is 1. The number of benzene rings is 1. The first kappa shape index (κ1) is 19.2. The first-order valence-electron chi connectivity index (χ1n) is 8.09. The standard InChI is InChI=1S/C17H24N2O5S/c1-17(2,3)24-16(21)19-9-10-25(22,23)14(12-19)15(20)18-11-13-7-5-4-6-8-13/h4-8,14H,9-12H2,1-3H3,(H,18,20). The van der Waals surface area contributed by atoms with Gasteiger partial charge in [-0.15, -0.1) is 0 Å². The summed E-state index contributed by atoms with van der Waals surface area (Å²) in [6.45, 7) is 5.26. The molecule has 2 amide bonds. The highest BCUT2D eigenvalue weighted by atomic mass is 32.2. The van der Waals surface area contributed by atoms with Gasteiger partial charge in [-0.2, -0.15) is 0 Å². The molecule has 1 aromatic rings. The molecule has 0 saturated carbocycles. The Kier molecular flexibility index (Phi) is 5.72. The fourth-order valence-electron chi connectivity index (χ4n) is 2.42. The Morgan fingerprint density at radius 2 is 1.88 bits per heavy atom. The molecule has 0 bridgehead atoms. The average Bonchev–Trinajstić information content (AvgIpc) is 2.51. The molecule has 138 valence electrons. The Labute approximate surface area is 148 Å². The van der Waals surface area contributed by atoms with E-state index in [0.29, 0.717) is 0 Å². The summed E-state index contributed by atoms with van der Waals surface area (Å²) >= 11 is 0. The van der Waals surface area contributed by atoms with Crippen molar-refractivity contribution < 1.29 is 22.7 Å². The van der Waals surface area contributed by atoms with Gasteiger partial charge in [0.1, 0.15) is 5.60 Å². The van der Waals surface area contributed by atoms with Crippen molar-refractivity contribution in [3.05, 3.63) is 35.9 Å². The first-order valence-corrected chi connectivity index (χ1v) is 9.81. The Hall–Kier alpha value is -2.09. The quantitative estimate of drug-likeness (QED) is 0.869. The molecule has 0 radical (unpaired) electrons. The van der Waals surface area contributed by atoms with Gasteiger partial charge in [0.25, 0.3) is 0 Å². The van der Waals surface area contributed by atoms with Crippen molar-refractivity contribution in [2.45, 2.75) is 38.2 Å². The molecule has 1 aliphatic rings. The van der Waals surface area contributed by atoms with Crippen LogP contribution in [0, 0.1) is 0 Å². The lowest BCUT2D eigenvalue weighted by atomic mass is 10.2. The zero-order chi connectivity index (χ0) is 18.7. The van der Waals surface area contributed by atoms with Gasteiger partial charge in [-0.25, -0.2) is 13.2 Å². The van der Waals surface area contributed by atoms with Gasteiger partial charge < -0.3 is 15.0 Å². The van der Waals surface area contributed by atoms with E-state index in [1.165, 1.54) is 4.90 Å². The Morgan fingerprint density at radius 1 is 1.24 bits per heavy atom. The van der Waals surface area contributed by atoms with Crippen LogP contribution in [0.25, 0.3) is 0 Å². The third kappa shape index (κ3) is 5.45. The van der Waals surface area contributed by atoms with Crippen molar-refractivity contribution in [1.82, 2.24) is 10.2 Å². The van der Waals surface area contributed by atoms with Gasteiger partial charge in [0.05, 0.1) is 5.75 Å². The fraction of sp³-hybridized carbons (Fsp3) is 0.529. The number of amides is 2. The molecular formula is C17H24N2O5S. The van der Waals surface area contributed by atoms with E-state index in [-0.39, 0.29) is 25.4 Å². The SMILES string of the molecule is CC(C)(C)OC(=O)N1CCS(=O)(=O)C(C(=O)NCc2ccccc2)C1. The summed E-state index contributed by atoms with van der Waals surface area (Å²) in [7, 11) is -3.60. The number of rotatable bonds is 3. The highest BCUT2D eigenvalue weighted by Gasteiger charge is 2.40. The molecule has 2 rings (SSSR count). The number of carbonyl (C=O) groups is 2. The molecule has 0 aromatic heterocycles. The van der Waals surface area contributed by atoms with Crippen LogP contribution in [0.1, 0.15) is 26.3 Å². The minimum absolute atomic E-state index is 0.0275. The third-order valence-corrected chi connectivity index (χ3v) is 5.70. The van der Waals surface area contributed by atoms with Gasteiger partial charge in [0.15, 0.2) is 15.1 Å². The summed E-state index contributed by atoms with van der Waals surface area (Å²) in [5.74, 6) is -0.854. The van der Waals surface area contributed by atoms with E-state index in [0.717, 1.165) is 5.56 Å². The number of carbonyl (C=O) groups excluding carboxylic acids is 2. The van der Waals surface area contributed by atoms with E-state index in [2.05, 4.69) is 5.32 Å². The molecule has 25 heavy (non-hydrogen) atoms. The van der Waals surface area contributed by atoms with Crippen LogP contribution < -0.4 is 5.32 Å². The molecular weight excluding hydrogens is 344 g/mol. The van der Waals surface area contributed by atoms with Crippen molar-refractivity contribution in [3.8, 4) is 0 Å². The van der Waals surface area contributed by atoms with Crippen LogP contribution in [0.3, 0.4) is 0 Å². The van der Waals surface area contributed by atoms with Gasteiger partial charge in [-0.3, -0.25) is 4.79 Å². The van der Waals surface area contributed by atoms with Crippen LogP contribution in [0.2, 0.25) is 0 Å². The molecule has 0 spiro atoms. The Balaban J connectivity index is 2.03. The predicted molar refractivity (Wildman–Crippen MR) is 93.7 cm³/mol. The van der Waals surface area contributed by atoms with E-state index in [9.17, 15) is 18.0 Å². The molecule has 1 atom stereocenters. The molecule has 1 fully saturated rings. The van der Waals surface area contributed by atoms with Crippen molar-refractivity contribution in [3.63, 3.8) is 0 Å². The van der Waals surface area contributed by atoms with Crippen LogP contribution in [0.4, 0.5) is 4.79 Å². The molecule has 1 aromatic carbocycles. The van der Waals surface area contributed by atoms with Crippen molar-refractivity contribution >= 4 is 21.8 Å². The summed E-state index contributed by atoms with van der Waals surface area (Å²) < 4.78 is 29.8. The maximum atomic E-state index is 12.4. The second kappa shape index (κ2) is 7.43. The molecule has 1 heterocycles. The van der Waals surface area contributed by atoms with Crippen LogP contribution >= 0.6 is 0 Å². The minimum Gasteiger partial charge on any atom is -0.444 e. The molecule has 1 unspecified atom stereocenters. The third-order valence-electron chi connectivity index (χ3n) is 3.72. The summed E-state index contributed by atoms with van der Waals surface area (Å²) in [5.41, 5.74) is 0.186. The largest absolute Gasteiger partial charge is 0.444 e. The second-order valence-electron chi connectivity index (χ2n) is 6.99. The lowest BCUT2D eigenvalue weighted by molar-refractivity contribution is -0.121. The van der Waals surface area contributed by atoms with E-state index in [1.807, 2.05) is 30.3 Å². The van der Waals surface area contributed by atoms with Crippen LogP contribution in [0.15, 0.2) is 30.3 Å². The number of hydrogen-bond acceptors (Lipinski definition) is 5. The normalized spacial score (nSPS) is 20.0. The zero-order valence-corrected chi connectivity index (χ0v) is 15.5. The highest BCUT2D eigenvalue weighted by molar-refractivity contribution is 7.92. The Bertz CT molecular complexity index is 725. The maximum Gasteiger partial charge on any atom is 0.410 e. The van der Waals surface area contributed by atoms with Crippen molar-refractivity contribution in [2.24, 2.45) is 0 Å². The van der Waals surface area contributed by atoms with Gasteiger partial charge >= 0.3 is 6.09 Å². The zero-order valence-electron chi connectivity index (χ0n) is 14.7. The van der Waals surface area contributed by atoms with Crippen LogP contribution in [-0.2, 0) is 25.9 Å². The van der Waals surface area contributed by atoms with Gasteiger partial charge in [-0.1, -0.05) is 30.3 Å². The van der Waals surface area contributed by atoms with E-state index < -0.39 is 32.7 Å². The molecule has 1 saturated heterocycles. The van der Waals surface area contributed by atoms with Gasteiger partial charge in [0, 0.05) is 19.6 Å². The lowest BCUT2D eigenvalue weighted by Crippen LogP contribution is -2.55. The van der Waals surface area contributed by atoms with E-state index >= 15 is 0 Å². The molecule has 8 heteroatoms. The summed E-state index contributed by atoms with van der Waals surface area (Å²) in [5, 5.41) is 1.36. The summed E-state index contributed by atoms with van der Waals surface area (Å²) in [6.07, 6.45) is -0.608. The minimum atomic E-state index is -3.60. The molecule has 7 nitrogen and oxygen atoms in total. The van der Waals surface area contributed by atoms with E-state index in [1.54, 1.807) is 20.8 Å². The fourth-order valence-corrected chi connectivity index (χ4v) is 4.00. The topological polar surface area (TPSA) is 92.8 Å². The monoisotopic (exact) mass is 368 g/mol. The van der Waals surface area contributed by atoms with Crippen molar-refractivity contribution in [1.29, 1.82) is 0 Å². The second-order valence-corrected chi connectivity index (χ2v) is 9.29. The number of sulfone groups is 1. The molecule has 0 aliphatic carbocycles. The van der Waals surface area contributed by atoms with Crippen LogP contribution in [-0.4, -0.2) is 55.0 Å². The highest BCUT2D eigenvalue weighted by Crippen LogP contribution is 2.17. The molecule has 1 N–H and O–H groups in total. The van der Waals surface area contributed by atoms with Crippen LogP contribution in [0.5, 0.6) is 0 Å². The summed E-state index contributed by atoms with van der Waals surface area (Å²) in [6, 6.07) is 9.20. The number of ether oxygens (including phenoxy) is 1. The van der Waals surface area contributed by atoms with E-state index in [4.69, 9.17) is 4.74 Å². The van der Waals surface area contributed by atoms with Gasteiger partial charge in [0.2, 0.25) is 5.91 Å². The van der Waals surface area contributed by atoms with Gasteiger partial charge in [-0.05, 0) is 26.3 Å². The summed E-state index contributed by atoms with van der Waals surface area (Å²) in [4.78, 5) is 25.8. The maximum absolute atomic E-state index is 12.4. The lowest BCUT2D eigenvalue weighted by Gasteiger charge is -2.33. The molecule has 1 aliphatic heterocycles. The number of hydrogen-bond donors (Lipinski definition) is 1. The smallest absolute Gasteiger partial charge is 0.410 e. The first-order chi connectivity index (χ1) is 11.6. The van der Waals surface area contributed by atoms with Crippen molar-refractivity contribution in [2.75, 3.05) is 18.8 Å². The Morgan fingerprint density at radius 3 is 2.48 bits per heavy atom. The predicted octanol–water partition coefficient (Wildman–Crippen LogP) is 1.34.